The van der Waals surface area contributed by atoms with E-state index in [1.807, 2.05) is 18.7 Å². The summed E-state index contributed by atoms with van der Waals surface area (Å²) in [5.41, 5.74) is 0.830. The van der Waals surface area contributed by atoms with Gasteiger partial charge >= 0.3 is 0 Å². The van der Waals surface area contributed by atoms with Gasteiger partial charge in [-0.05, 0) is 26.7 Å². The number of aromatic nitrogens is 2. The predicted molar refractivity (Wildman–Crippen MR) is 75.7 cm³/mol. The SMILES string of the molecule is CCN(CC(=O)NC)c1nc(C2CC2)nc(Cl)c1C. The Morgan fingerprint density at radius 2 is 2.16 bits per heavy atom. The van der Waals surface area contributed by atoms with Crippen molar-refractivity contribution in [2.24, 2.45) is 0 Å². The molecule has 1 aliphatic rings. The second-order valence-electron chi connectivity index (χ2n) is 4.78. The number of rotatable bonds is 5. The van der Waals surface area contributed by atoms with Crippen molar-refractivity contribution in [3.8, 4) is 0 Å². The molecule has 5 nitrogen and oxygen atoms in total. The third kappa shape index (κ3) is 3.15. The van der Waals surface area contributed by atoms with Gasteiger partial charge in [0.1, 0.15) is 16.8 Å². The Morgan fingerprint density at radius 3 is 2.68 bits per heavy atom. The van der Waals surface area contributed by atoms with Crippen molar-refractivity contribution < 1.29 is 4.79 Å². The maximum Gasteiger partial charge on any atom is 0.239 e. The first kappa shape index (κ1) is 14.1. The van der Waals surface area contributed by atoms with Crippen LogP contribution in [0.25, 0.3) is 0 Å². The molecule has 1 amide bonds. The fourth-order valence-corrected chi connectivity index (χ4v) is 2.09. The van der Waals surface area contributed by atoms with E-state index in [-0.39, 0.29) is 12.5 Å². The lowest BCUT2D eigenvalue weighted by Crippen LogP contribution is -2.36. The Hall–Kier alpha value is -1.36. The Labute approximate surface area is 118 Å². The molecule has 1 fully saturated rings. The van der Waals surface area contributed by atoms with Gasteiger partial charge in [-0.25, -0.2) is 9.97 Å². The highest BCUT2D eigenvalue weighted by atomic mass is 35.5. The lowest BCUT2D eigenvalue weighted by molar-refractivity contribution is -0.119. The maximum absolute atomic E-state index is 11.6. The van der Waals surface area contributed by atoms with Gasteiger partial charge in [0, 0.05) is 25.1 Å². The number of anilines is 1. The molecule has 0 bridgehead atoms. The molecule has 1 heterocycles. The minimum atomic E-state index is -0.0380. The molecule has 1 N–H and O–H groups in total. The highest BCUT2D eigenvalue weighted by Gasteiger charge is 2.29. The van der Waals surface area contributed by atoms with Gasteiger partial charge in [-0.15, -0.1) is 0 Å². The predicted octanol–water partition coefficient (Wildman–Crippen LogP) is 1.89. The molecular formula is C13H19ClN4O. The van der Waals surface area contributed by atoms with Gasteiger partial charge in [0.05, 0.1) is 6.54 Å². The maximum atomic E-state index is 11.6. The Kier molecular flexibility index (Phi) is 4.24. The van der Waals surface area contributed by atoms with Crippen molar-refractivity contribution in [2.75, 3.05) is 25.0 Å². The van der Waals surface area contributed by atoms with Gasteiger partial charge in [0.2, 0.25) is 5.91 Å². The van der Waals surface area contributed by atoms with Crippen molar-refractivity contribution >= 4 is 23.3 Å². The van der Waals surface area contributed by atoms with Crippen molar-refractivity contribution in [3.05, 3.63) is 16.5 Å². The Morgan fingerprint density at radius 1 is 1.47 bits per heavy atom. The van der Waals surface area contributed by atoms with E-state index < -0.39 is 0 Å². The summed E-state index contributed by atoms with van der Waals surface area (Å²) in [5, 5.41) is 3.11. The summed E-state index contributed by atoms with van der Waals surface area (Å²) in [6.45, 7) is 4.87. The number of halogens is 1. The highest BCUT2D eigenvalue weighted by molar-refractivity contribution is 6.30. The molecule has 0 atom stereocenters. The van der Waals surface area contributed by atoms with Crippen LogP contribution >= 0.6 is 11.6 Å². The Balaban J connectivity index is 2.32. The third-order valence-corrected chi connectivity index (χ3v) is 3.68. The lowest BCUT2D eigenvalue weighted by Gasteiger charge is -2.23. The van der Waals surface area contributed by atoms with Crippen LogP contribution in [0, 0.1) is 6.92 Å². The van der Waals surface area contributed by atoms with Crippen LogP contribution in [0.1, 0.15) is 37.1 Å². The molecule has 1 aromatic rings. The van der Waals surface area contributed by atoms with E-state index in [9.17, 15) is 4.79 Å². The van der Waals surface area contributed by atoms with Crippen LogP contribution in [-0.2, 0) is 4.79 Å². The van der Waals surface area contributed by atoms with Gasteiger partial charge in [0.25, 0.3) is 0 Å². The van der Waals surface area contributed by atoms with Crippen LogP contribution < -0.4 is 10.2 Å². The first-order chi connectivity index (χ1) is 9.06. The van der Waals surface area contributed by atoms with Crippen LogP contribution in [0.4, 0.5) is 5.82 Å². The monoisotopic (exact) mass is 282 g/mol. The first-order valence-electron chi connectivity index (χ1n) is 6.56. The highest BCUT2D eigenvalue weighted by Crippen LogP contribution is 2.39. The summed E-state index contributed by atoms with van der Waals surface area (Å²) < 4.78 is 0. The minimum absolute atomic E-state index is 0.0380. The van der Waals surface area contributed by atoms with Gasteiger partial charge in [0.15, 0.2) is 0 Å². The first-order valence-corrected chi connectivity index (χ1v) is 6.94. The largest absolute Gasteiger partial charge is 0.358 e. The van der Waals surface area contributed by atoms with Gasteiger partial charge < -0.3 is 10.2 Å². The van der Waals surface area contributed by atoms with E-state index >= 15 is 0 Å². The number of carbonyl (C=O) groups is 1. The fraction of sp³-hybridized carbons (Fsp3) is 0.615. The number of hydrogen-bond donors (Lipinski definition) is 1. The fourth-order valence-electron chi connectivity index (χ4n) is 1.91. The standard InChI is InChI=1S/C13H19ClN4O/c1-4-18(7-10(19)15-3)13-8(2)11(14)16-12(17-13)9-5-6-9/h9H,4-7H2,1-3H3,(H,15,19). The zero-order valence-electron chi connectivity index (χ0n) is 11.5. The number of hydrogen-bond acceptors (Lipinski definition) is 4. The van der Waals surface area contributed by atoms with E-state index in [4.69, 9.17) is 11.6 Å². The number of nitrogens with zero attached hydrogens (tertiary/aromatic N) is 3. The molecule has 2 rings (SSSR count). The molecule has 1 aliphatic carbocycles. The molecule has 1 saturated carbocycles. The van der Waals surface area contributed by atoms with Crippen LogP contribution in [0.3, 0.4) is 0 Å². The number of carbonyl (C=O) groups excluding carboxylic acids is 1. The molecule has 0 aromatic carbocycles. The summed E-state index contributed by atoms with van der Waals surface area (Å²) in [6, 6.07) is 0. The quantitative estimate of drug-likeness (QED) is 0.838. The summed E-state index contributed by atoms with van der Waals surface area (Å²) >= 11 is 6.18. The molecule has 0 aliphatic heterocycles. The molecule has 104 valence electrons. The average molecular weight is 283 g/mol. The van der Waals surface area contributed by atoms with Crippen molar-refractivity contribution in [2.45, 2.75) is 32.6 Å². The second kappa shape index (κ2) is 5.74. The molecule has 0 radical (unpaired) electrons. The summed E-state index contributed by atoms with van der Waals surface area (Å²) in [5.74, 6) is 1.98. The molecule has 1 aromatic heterocycles. The molecule has 0 saturated heterocycles. The van der Waals surface area contributed by atoms with E-state index in [0.29, 0.717) is 17.6 Å². The van der Waals surface area contributed by atoms with Crippen LogP contribution in [0.2, 0.25) is 5.15 Å². The molecule has 19 heavy (non-hydrogen) atoms. The summed E-state index contributed by atoms with van der Waals surface area (Å²) in [4.78, 5) is 22.4. The summed E-state index contributed by atoms with van der Waals surface area (Å²) in [6.07, 6.45) is 2.25. The van der Waals surface area contributed by atoms with Gasteiger partial charge in [-0.3, -0.25) is 4.79 Å². The molecule has 6 heteroatoms. The van der Waals surface area contributed by atoms with Crippen LogP contribution in [0.5, 0.6) is 0 Å². The molecule has 0 spiro atoms. The lowest BCUT2D eigenvalue weighted by atomic mass is 10.3. The summed E-state index contributed by atoms with van der Waals surface area (Å²) in [7, 11) is 1.63. The second-order valence-corrected chi connectivity index (χ2v) is 5.14. The topological polar surface area (TPSA) is 58.1 Å². The van der Waals surface area contributed by atoms with Crippen molar-refractivity contribution in [1.82, 2.24) is 15.3 Å². The molecular weight excluding hydrogens is 264 g/mol. The van der Waals surface area contributed by atoms with Gasteiger partial charge in [-0.1, -0.05) is 11.6 Å². The van der Waals surface area contributed by atoms with Crippen LogP contribution in [-0.4, -0.2) is 36.0 Å². The third-order valence-electron chi connectivity index (χ3n) is 3.32. The zero-order chi connectivity index (χ0) is 14.0. The van der Waals surface area contributed by atoms with E-state index in [1.165, 1.54) is 0 Å². The van der Waals surface area contributed by atoms with Gasteiger partial charge in [-0.2, -0.15) is 0 Å². The van der Waals surface area contributed by atoms with Crippen molar-refractivity contribution in [1.29, 1.82) is 0 Å². The zero-order valence-corrected chi connectivity index (χ0v) is 12.3. The normalized spacial score (nSPS) is 14.3. The molecule has 0 unspecified atom stereocenters. The number of likely N-dealkylation sites (N-methyl/N-ethyl adjacent to an activating group) is 2. The van der Waals surface area contributed by atoms with Crippen molar-refractivity contribution in [3.63, 3.8) is 0 Å². The van der Waals surface area contributed by atoms with E-state index in [2.05, 4.69) is 15.3 Å². The minimum Gasteiger partial charge on any atom is -0.358 e. The van der Waals surface area contributed by atoms with E-state index in [1.54, 1.807) is 7.05 Å². The number of amides is 1. The van der Waals surface area contributed by atoms with Crippen LogP contribution in [0.15, 0.2) is 0 Å². The average Bonchev–Trinajstić information content (AvgIpc) is 3.23. The number of nitrogens with one attached hydrogen (secondary N) is 1. The smallest absolute Gasteiger partial charge is 0.239 e. The van der Waals surface area contributed by atoms with E-state index in [0.717, 1.165) is 30.0 Å². The Bertz CT molecular complexity index is 488.